The van der Waals surface area contributed by atoms with Gasteiger partial charge in [0.2, 0.25) is 17.1 Å². The number of nitrogens with zero attached hydrogens (tertiary/aromatic N) is 1. The second-order valence-electron chi connectivity index (χ2n) is 7.27. The van der Waals surface area contributed by atoms with Crippen molar-refractivity contribution in [1.82, 2.24) is 10.2 Å². The van der Waals surface area contributed by atoms with Crippen LogP contribution in [0.25, 0.3) is 0 Å². The van der Waals surface area contributed by atoms with E-state index < -0.39 is 16.6 Å². The molecule has 0 bridgehead atoms. The van der Waals surface area contributed by atoms with Gasteiger partial charge in [0.1, 0.15) is 5.76 Å². The van der Waals surface area contributed by atoms with Crippen LogP contribution in [0.4, 0.5) is 0 Å². The predicted octanol–water partition coefficient (Wildman–Crippen LogP) is 0.541. The van der Waals surface area contributed by atoms with Crippen molar-refractivity contribution in [3.8, 4) is 5.75 Å². The van der Waals surface area contributed by atoms with Crippen LogP contribution in [0.2, 0.25) is 0 Å². The first-order valence-electron chi connectivity index (χ1n) is 9.49. The molecular weight excluding hydrogens is 352 g/mol. The highest BCUT2D eigenvalue weighted by Crippen LogP contribution is 2.41. The Bertz CT molecular complexity index is 705. The molecule has 2 N–H and O–H groups in total. The van der Waals surface area contributed by atoms with Crippen molar-refractivity contribution in [3.05, 3.63) is 27.8 Å². The van der Waals surface area contributed by atoms with E-state index in [1.807, 2.05) is 0 Å². The van der Waals surface area contributed by atoms with Crippen molar-refractivity contribution < 1.29 is 23.8 Å². The molecule has 1 aromatic heterocycles. The molecule has 0 unspecified atom stereocenters. The van der Waals surface area contributed by atoms with Crippen molar-refractivity contribution in [2.24, 2.45) is 0 Å². The maximum absolute atomic E-state index is 12.6. The van der Waals surface area contributed by atoms with Gasteiger partial charge in [-0.25, -0.2) is 0 Å². The average molecular weight is 380 g/mol. The van der Waals surface area contributed by atoms with E-state index in [1.54, 1.807) is 6.92 Å². The summed E-state index contributed by atoms with van der Waals surface area (Å²) < 4.78 is 16.5. The summed E-state index contributed by atoms with van der Waals surface area (Å²) in [5.41, 5.74) is -1.20. The van der Waals surface area contributed by atoms with E-state index in [9.17, 15) is 14.7 Å². The molecule has 150 valence electrons. The normalized spacial score (nSPS) is 20.3. The Hall–Kier alpha value is -1.90. The Morgan fingerprint density at radius 3 is 2.59 bits per heavy atom. The first kappa shape index (κ1) is 19.9. The molecule has 1 aromatic rings. The van der Waals surface area contributed by atoms with Crippen molar-refractivity contribution in [2.75, 3.05) is 52.6 Å². The molecule has 0 aromatic carbocycles. The fraction of sp³-hybridized carbons (Fsp3) is 0.684. The van der Waals surface area contributed by atoms with Crippen LogP contribution in [-0.4, -0.2) is 68.5 Å². The number of nitrogens with one attached hydrogen (secondary N) is 1. The molecule has 8 heteroatoms. The fourth-order valence-corrected chi connectivity index (χ4v) is 3.76. The number of carbonyl (C=O) groups is 1. The van der Waals surface area contributed by atoms with Crippen LogP contribution in [0, 0.1) is 6.92 Å². The SMILES string of the molecule is Cc1cc(=O)c(O)c(C2(CC(=O)NCCN3CCOCC3)CCOCC2)o1. The minimum atomic E-state index is -0.726. The van der Waals surface area contributed by atoms with E-state index in [-0.39, 0.29) is 18.1 Å². The Morgan fingerprint density at radius 2 is 1.89 bits per heavy atom. The zero-order chi connectivity index (χ0) is 19.3. The number of hydrogen-bond acceptors (Lipinski definition) is 7. The van der Waals surface area contributed by atoms with Crippen LogP contribution in [0.1, 0.15) is 30.8 Å². The number of morpholine rings is 1. The maximum Gasteiger partial charge on any atom is 0.227 e. The predicted molar refractivity (Wildman–Crippen MR) is 98.0 cm³/mol. The van der Waals surface area contributed by atoms with Crippen LogP contribution in [0.3, 0.4) is 0 Å². The van der Waals surface area contributed by atoms with Gasteiger partial charge in [0.25, 0.3) is 0 Å². The van der Waals surface area contributed by atoms with E-state index in [4.69, 9.17) is 13.9 Å². The summed E-state index contributed by atoms with van der Waals surface area (Å²) in [6, 6.07) is 1.26. The third-order valence-electron chi connectivity index (χ3n) is 5.33. The molecule has 3 rings (SSSR count). The molecule has 0 atom stereocenters. The summed E-state index contributed by atoms with van der Waals surface area (Å²) in [5.74, 6) is 0.114. The second-order valence-corrected chi connectivity index (χ2v) is 7.27. The monoisotopic (exact) mass is 380 g/mol. The Labute approximate surface area is 158 Å². The maximum atomic E-state index is 12.6. The molecule has 2 fully saturated rings. The molecule has 0 spiro atoms. The lowest BCUT2D eigenvalue weighted by Crippen LogP contribution is -2.43. The number of carbonyl (C=O) groups excluding carboxylic acids is 1. The van der Waals surface area contributed by atoms with Crippen LogP contribution in [-0.2, 0) is 19.7 Å². The van der Waals surface area contributed by atoms with Gasteiger partial charge in [-0.3, -0.25) is 14.5 Å². The standard InChI is InChI=1S/C19H28N2O6/c1-14-12-15(22)17(24)18(27-14)19(2-8-25-9-3-19)13-16(23)20-4-5-21-6-10-26-11-7-21/h12,24H,2-11,13H2,1H3,(H,20,23). The van der Waals surface area contributed by atoms with E-state index in [2.05, 4.69) is 10.2 Å². The van der Waals surface area contributed by atoms with Crippen molar-refractivity contribution in [3.63, 3.8) is 0 Å². The van der Waals surface area contributed by atoms with E-state index in [1.165, 1.54) is 6.07 Å². The molecule has 0 saturated carbocycles. The van der Waals surface area contributed by atoms with Crippen LogP contribution in [0.5, 0.6) is 5.75 Å². The van der Waals surface area contributed by atoms with Gasteiger partial charge < -0.3 is 24.3 Å². The van der Waals surface area contributed by atoms with Gasteiger partial charge in [0.05, 0.1) is 13.2 Å². The van der Waals surface area contributed by atoms with Gasteiger partial charge in [-0.15, -0.1) is 0 Å². The highest BCUT2D eigenvalue weighted by atomic mass is 16.5. The number of rotatable bonds is 6. The summed E-state index contributed by atoms with van der Waals surface area (Å²) in [6.07, 6.45) is 1.19. The number of hydrogen-bond donors (Lipinski definition) is 2. The average Bonchev–Trinajstić information content (AvgIpc) is 2.66. The molecule has 1 amide bonds. The van der Waals surface area contributed by atoms with Gasteiger partial charge in [-0.05, 0) is 19.8 Å². The molecule has 2 aliphatic heterocycles. The number of aromatic hydroxyl groups is 1. The lowest BCUT2D eigenvalue weighted by molar-refractivity contribution is -0.123. The summed E-state index contributed by atoms with van der Waals surface area (Å²) in [4.78, 5) is 26.9. The quantitative estimate of drug-likeness (QED) is 0.743. The lowest BCUT2D eigenvalue weighted by Gasteiger charge is -2.36. The third kappa shape index (κ3) is 4.88. The summed E-state index contributed by atoms with van der Waals surface area (Å²) in [6.45, 7) is 7.10. The summed E-state index contributed by atoms with van der Waals surface area (Å²) in [5, 5.41) is 13.3. The Balaban J connectivity index is 1.68. The highest BCUT2D eigenvalue weighted by molar-refractivity contribution is 5.77. The zero-order valence-corrected chi connectivity index (χ0v) is 15.8. The third-order valence-corrected chi connectivity index (χ3v) is 5.33. The van der Waals surface area contributed by atoms with Gasteiger partial charge in [-0.1, -0.05) is 0 Å². The molecule has 8 nitrogen and oxygen atoms in total. The van der Waals surface area contributed by atoms with Crippen LogP contribution < -0.4 is 10.7 Å². The topological polar surface area (TPSA) is 101 Å². The van der Waals surface area contributed by atoms with E-state index >= 15 is 0 Å². The lowest BCUT2D eigenvalue weighted by atomic mass is 9.74. The van der Waals surface area contributed by atoms with E-state index in [0.717, 1.165) is 32.8 Å². The minimum Gasteiger partial charge on any atom is -0.502 e. The van der Waals surface area contributed by atoms with Crippen LogP contribution in [0.15, 0.2) is 15.3 Å². The van der Waals surface area contributed by atoms with Gasteiger partial charge in [0.15, 0.2) is 5.76 Å². The van der Waals surface area contributed by atoms with Gasteiger partial charge in [0, 0.05) is 57.3 Å². The first-order valence-corrected chi connectivity index (χ1v) is 9.49. The Kier molecular flexibility index (Phi) is 6.51. The van der Waals surface area contributed by atoms with Gasteiger partial charge in [-0.2, -0.15) is 0 Å². The summed E-state index contributed by atoms with van der Waals surface area (Å²) in [7, 11) is 0. The number of amides is 1. The van der Waals surface area contributed by atoms with Crippen molar-refractivity contribution in [1.29, 1.82) is 0 Å². The molecule has 3 heterocycles. The molecular formula is C19H28N2O6. The van der Waals surface area contributed by atoms with Crippen LogP contribution >= 0.6 is 0 Å². The van der Waals surface area contributed by atoms with E-state index in [0.29, 0.717) is 38.4 Å². The molecule has 2 aliphatic rings. The Morgan fingerprint density at radius 1 is 1.22 bits per heavy atom. The molecule has 0 aliphatic carbocycles. The highest BCUT2D eigenvalue weighted by Gasteiger charge is 2.41. The number of ether oxygens (including phenoxy) is 2. The number of aryl methyl sites for hydroxylation is 1. The molecule has 27 heavy (non-hydrogen) atoms. The fourth-order valence-electron chi connectivity index (χ4n) is 3.76. The van der Waals surface area contributed by atoms with Crippen molar-refractivity contribution >= 4 is 5.91 Å². The summed E-state index contributed by atoms with van der Waals surface area (Å²) >= 11 is 0. The van der Waals surface area contributed by atoms with Gasteiger partial charge >= 0.3 is 0 Å². The van der Waals surface area contributed by atoms with Crippen molar-refractivity contribution in [2.45, 2.75) is 31.6 Å². The largest absolute Gasteiger partial charge is 0.502 e. The molecule has 0 radical (unpaired) electrons. The minimum absolute atomic E-state index is 0.117. The first-order chi connectivity index (χ1) is 13.0. The second kappa shape index (κ2) is 8.86. The zero-order valence-electron chi connectivity index (χ0n) is 15.8. The smallest absolute Gasteiger partial charge is 0.227 e. The molecule has 2 saturated heterocycles.